The Labute approximate surface area is 45.7 Å². The molecule has 0 aromatic heterocycles. The average molecular weight is 123 g/mol. The first-order valence-corrected chi connectivity index (χ1v) is 2.37. The fourth-order valence-electron chi connectivity index (χ4n) is 0.385. The highest BCUT2D eigenvalue weighted by Gasteiger charge is 2.59. The Bertz CT molecular complexity index is 95.5. The van der Waals surface area contributed by atoms with Crippen molar-refractivity contribution in [2.24, 2.45) is 5.41 Å². The molecule has 0 aromatic carbocycles. The summed E-state index contributed by atoms with van der Waals surface area (Å²) in [6, 6.07) is 0. The van der Waals surface area contributed by atoms with Crippen molar-refractivity contribution in [2.75, 3.05) is 0 Å². The predicted molar refractivity (Wildman–Crippen MR) is 23.1 cm³/mol. The van der Waals surface area contributed by atoms with Crippen LogP contribution in [0.3, 0.4) is 0 Å². The Morgan fingerprint density at radius 3 is 1.88 bits per heavy atom. The molecule has 47 valence electrons. The summed E-state index contributed by atoms with van der Waals surface area (Å²) in [5.74, 6) is 0. The predicted octanol–water partition coefficient (Wildman–Crippen LogP) is 2.16. The lowest BCUT2D eigenvalue weighted by Crippen LogP contribution is -2.20. The van der Waals surface area contributed by atoms with Crippen molar-refractivity contribution in [1.29, 1.82) is 0 Å². The first kappa shape index (κ1) is 5.92. The van der Waals surface area contributed by atoms with Crippen LogP contribution in [0.15, 0.2) is 0 Å². The van der Waals surface area contributed by atoms with Crippen molar-refractivity contribution in [1.82, 2.24) is 0 Å². The minimum atomic E-state index is -4.01. The van der Waals surface area contributed by atoms with Crippen molar-refractivity contribution >= 4 is 0 Å². The van der Waals surface area contributed by atoms with E-state index in [1.54, 1.807) is 0 Å². The second-order valence-electron chi connectivity index (χ2n) is 2.32. The molecule has 0 aliphatic heterocycles. The smallest absolute Gasteiger partial charge is 0.171 e. The zero-order chi connectivity index (χ0) is 6.41. The fourth-order valence-corrected chi connectivity index (χ4v) is 0.385. The van der Waals surface area contributed by atoms with Crippen molar-refractivity contribution in [2.45, 2.75) is 19.5 Å². The van der Waals surface area contributed by atoms with Gasteiger partial charge in [-0.05, 0) is 12.8 Å². The molecule has 1 rings (SSSR count). The first-order valence-electron chi connectivity index (χ1n) is 2.37. The summed E-state index contributed by atoms with van der Waals surface area (Å²) in [5, 5.41) is 0. The van der Waals surface area contributed by atoms with Gasteiger partial charge in [0.25, 0.3) is 0 Å². The Balaban J connectivity index is 2.58. The molecule has 1 aliphatic rings. The summed E-state index contributed by atoms with van der Waals surface area (Å²) < 4.78 is 34.8. The summed E-state index contributed by atoms with van der Waals surface area (Å²) in [7, 11) is 0. The Hall–Kier alpha value is -0.210. The number of rotatable bonds is 0. The van der Waals surface area contributed by atoms with Crippen LogP contribution in [0, 0.1) is 11.8 Å². The van der Waals surface area contributed by atoms with Gasteiger partial charge in [0, 0.05) is 0 Å². The maximum atomic E-state index is 11.6. The van der Waals surface area contributed by atoms with Gasteiger partial charge in [0.2, 0.25) is 0 Å². The maximum Gasteiger partial charge on any atom is 0.394 e. The molecule has 0 amide bonds. The van der Waals surface area contributed by atoms with Gasteiger partial charge in [-0.2, -0.15) is 13.2 Å². The van der Waals surface area contributed by atoms with Gasteiger partial charge in [-0.3, -0.25) is 0 Å². The standard InChI is InChI=1S/C5H6F3/c1-4(2-3-4)5(6,7)8/h2H,3H2,1H3. The largest absolute Gasteiger partial charge is 0.394 e. The van der Waals surface area contributed by atoms with Gasteiger partial charge in [-0.1, -0.05) is 6.92 Å². The Morgan fingerprint density at radius 2 is 1.88 bits per heavy atom. The number of hydrogen-bond donors (Lipinski definition) is 0. The van der Waals surface area contributed by atoms with Gasteiger partial charge in [-0.25, -0.2) is 0 Å². The highest BCUT2D eigenvalue weighted by molar-refractivity contribution is 5.11. The summed E-state index contributed by atoms with van der Waals surface area (Å²) >= 11 is 0. The van der Waals surface area contributed by atoms with Gasteiger partial charge < -0.3 is 0 Å². The maximum absolute atomic E-state index is 11.6. The van der Waals surface area contributed by atoms with E-state index < -0.39 is 11.6 Å². The molecular formula is C5H6F3. The molecule has 0 aromatic rings. The molecule has 1 radical (unpaired) electrons. The first-order chi connectivity index (χ1) is 3.46. The lowest BCUT2D eigenvalue weighted by Gasteiger charge is -2.11. The second-order valence-corrected chi connectivity index (χ2v) is 2.32. The molecule has 0 bridgehead atoms. The molecule has 0 heterocycles. The van der Waals surface area contributed by atoms with Crippen LogP contribution in [-0.4, -0.2) is 6.18 Å². The van der Waals surface area contributed by atoms with Gasteiger partial charge in [0.1, 0.15) is 0 Å². The summed E-state index contributed by atoms with van der Waals surface area (Å²) in [6.45, 7) is 1.20. The van der Waals surface area contributed by atoms with E-state index in [-0.39, 0.29) is 6.42 Å². The van der Waals surface area contributed by atoms with E-state index >= 15 is 0 Å². The molecule has 0 saturated heterocycles. The van der Waals surface area contributed by atoms with E-state index in [2.05, 4.69) is 0 Å². The van der Waals surface area contributed by atoms with E-state index in [4.69, 9.17) is 0 Å². The summed E-state index contributed by atoms with van der Waals surface area (Å²) in [4.78, 5) is 0. The lowest BCUT2D eigenvalue weighted by atomic mass is 10.1. The molecule has 0 N–H and O–H groups in total. The highest BCUT2D eigenvalue weighted by atomic mass is 19.4. The van der Waals surface area contributed by atoms with Crippen molar-refractivity contribution < 1.29 is 13.2 Å². The Morgan fingerprint density at radius 1 is 1.50 bits per heavy atom. The lowest BCUT2D eigenvalue weighted by molar-refractivity contribution is -0.176. The molecular weight excluding hydrogens is 117 g/mol. The third-order valence-electron chi connectivity index (χ3n) is 1.46. The van der Waals surface area contributed by atoms with Crippen LogP contribution < -0.4 is 0 Å². The quantitative estimate of drug-likeness (QED) is 0.463. The van der Waals surface area contributed by atoms with E-state index in [0.29, 0.717) is 0 Å². The SMILES string of the molecule is CC1(C(F)(F)F)[CH]C1. The van der Waals surface area contributed by atoms with E-state index in [9.17, 15) is 13.2 Å². The van der Waals surface area contributed by atoms with Crippen molar-refractivity contribution in [3.05, 3.63) is 6.42 Å². The van der Waals surface area contributed by atoms with Crippen LogP contribution in [-0.2, 0) is 0 Å². The molecule has 0 spiro atoms. The van der Waals surface area contributed by atoms with E-state index in [1.165, 1.54) is 13.3 Å². The van der Waals surface area contributed by atoms with E-state index in [0.717, 1.165) is 0 Å². The van der Waals surface area contributed by atoms with Crippen LogP contribution >= 0.6 is 0 Å². The van der Waals surface area contributed by atoms with Crippen LogP contribution in [0.1, 0.15) is 13.3 Å². The zero-order valence-corrected chi connectivity index (χ0v) is 4.42. The minimum Gasteiger partial charge on any atom is -0.171 e. The van der Waals surface area contributed by atoms with Gasteiger partial charge in [-0.15, -0.1) is 0 Å². The van der Waals surface area contributed by atoms with Crippen molar-refractivity contribution in [3.63, 3.8) is 0 Å². The third kappa shape index (κ3) is 0.699. The topological polar surface area (TPSA) is 0 Å². The molecule has 8 heavy (non-hydrogen) atoms. The van der Waals surface area contributed by atoms with Crippen LogP contribution in [0.4, 0.5) is 13.2 Å². The average Bonchev–Trinajstić information content (AvgIpc) is 2.16. The molecule has 1 aliphatic carbocycles. The molecule has 1 fully saturated rings. The zero-order valence-electron chi connectivity index (χ0n) is 4.42. The fraction of sp³-hybridized carbons (Fsp3) is 0.800. The molecule has 3 heteroatoms. The van der Waals surface area contributed by atoms with Crippen molar-refractivity contribution in [3.8, 4) is 0 Å². The third-order valence-corrected chi connectivity index (χ3v) is 1.46. The van der Waals surface area contributed by atoms with Crippen LogP contribution in [0.5, 0.6) is 0 Å². The Kier molecular flexibility index (Phi) is 0.886. The molecule has 1 atom stereocenters. The number of hydrogen-bond acceptors (Lipinski definition) is 0. The van der Waals surface area contributed by atoms with Gasteiger partial charge in [0.15, 0.2) is 0 Å². The van der Waals surface area contributed by atoms with Gasteiger partial charge >= 0.3 is 6.18 Å². The van der Waals surface area contributed by atoms with Crippen LogP contribution in [0.25, 0.3) is 0 Å². The summed E-state index contributed by atoms with van der Waals surface area (Å²) in [6.07, 6.45) is -2.55. The molecule has 1 saturated carbocycles. The number of alkyl halides is 3. The monoisotopic (exact) mass is 123 g/mol. The second kappa shape index (κ2) is 1.20. The van der Waals surface area contributed by atoms with Gasteiger partial charge in [0.05, 0.1) is 5.41 Å². The molecule has 0 nitrogen and oxygen atoms in total. The normalized spacial score (nSPS) is 25.5. The summed E-state index contributed by atoms with van der Waals surface area (Å²) in [5.41, 5.74) is -1.44. The minimum absolute atomic E-state index is 0.191. The van der Waals surface area contributed by atoms with Crippen LogP contribution in [0.2, 0.25) is 0 Å². The highest BCUT2D eigenvalue weighted by Crippen LogP contribution is 2.55. The number of halogens is 3. The van der Waals surface area contributed by atoms with E-state index in [1.807, 2.05) is 0 Å². The molecule has 1 unspecified atom stereocenters.